The van der Waals surface area contributed by atoms with Gasteiger partial charge in [-0.2, -0.15) is 0 Å². The molecule has 1 aliphatic heterocycles. The van der Waals surface area contributed by atoms with Crippen LogP contribution in [0.25, 0.3) is 0 Å². The Kier molecular flexibility index (Phi) is 6.46. The normalized spacial score (nSPS) is 17.8. The third-order valence-corrected chi connectivity index (χ3v) is 4.41. The van der Waals surface area contributed by atoms with Crippen LogP contribution in [-0.2, 0) is 11.3 Å². The fraction of sp³-hybridized carbons (Fsp3) is 0.556. The van der Waals surface area contributed by atoms with E-state index < -0.39 is 0 Å². The summed E-state index contributed by atoms with van der Waals surface area (Å²) in [5, 5.41) is 2.92. The maximum absolute atomic E-state index is 12.5. The van der Waals surface area contributed by atoms with Crippen molar-refractivity contribution in [3.05, 3.63) is 29.8 Å². The third-order valence-electron chi connectivity index (χ3n) is 4.41. The predicted molar refractivity (Wildman–Crippen MR) is 92.9 cm³/mol. The number of urea groups is 1. The number of piperazine rings is 1. The van der Waals surface area contributed by atoms with E-state index in [1.54, 1.807) is 24.0 Å². The zero-order valence-electron chi connectivity index (χ0n) is 14.7. The first kappa shape index (κ1) is 18.1. The number of hydrogen-bond acceptors (Lipinski definition) is 3. The molecular weight excluding hydrogens is 306 g/mol. The number of methoxy groups -OCH3 is 1. The molecule has 6 nitrogen and oxygen atoms in total. The van der Waals surface area contributed by atoms with Gasteiger partial charge in [0.15, 0.2) is 0 Å². The Labute approximate surface area is 143 Å². The predicted octanol–water partition coefficient (Wildman–Crippen LogP) is 2.24. The largest absolute Gasteiger partial charge is 0.497 e. The van der Waals surface area contributed by atoms with Crippen molar-refractivity contribution in [2.24, 2.45) is 0 Å². The molecule has 0 saturated carbocycles. The SMILES string of the molecule is CCCCC1C(=O)N(C)CCN1C(=O)NCc1ccc(OC)cc1. The summed E-state index contributed by atoms with van der Waals surface area (Å²) < 4.78 is 5.13. The number of hydrogen-bond donors (Lipinski definition) is 1. The van der Waals surface area contributed by atoms with Crippen LogP contribution in [0.2, 0.25) is 0 Å². The van der Waals surface area contributed by atoms with Gasteiger partial charge in [-0.1, -0.05) is 31.9 Å². The molecule has 24 heavy (non-hydrogen) atoms. The average molecular weight is 333 g/mol. The topological polar surface area (TPSA) is 61.9 Å². The summed E-state index contributed by atoms with van der Waals surface area (Å²) in [6, 6.07) is 7.05. The van der Waals surface area contributed by atoms with Gasteiger partial charge in [-0.15, -0.1) is 0 Å². The highest BCUT2D eigenvalue weighted by molar-refractivity contribution is 5.88. The maximum Gasteiger partial charge on any atom is 0.318 e. The second-order valence-electron chi connectivity index (χ2n) is 6.12. The molecule has 0 bridgehead atoms. The number of nitrogens with one attached hydrogen (secondary N) is 1. The zero-order valence-corrected chi connectivity index (χ0v) is 14.7. The molecule has 1 aromatic carbocycles. The molecule has 1 heterocycles. The van der Waals surface area contributed by atoms with Gasteiger partial charge in [-0.25, -0.2) is 4.79 Å². The van der Waals surface area contributed by atoms with Gasteiger partial charge in [0.05, 0.1) is 7.11 Å². The van der Waals surface area contributed by atoms with Crippen molar-refractivity contribution in [2.75, 3.05) is 27.2 Å². The van der Waals surface area contributed by atoms with Crippen LogP contribution >= 0.6 is 0 Å². The molecule has 2 rings (SSSR count). The Morgan fingerprint density at radius 3 is 2.62 bits per heavy atom. The van der Waals surface area contributed by atoms with E-state index in [0.29, 0.717) is 19.6 Å². The molecule has 1 N–H and O–H groups in total. The van der Waals surface area contributed by atoms with E-state index in [9.17, 15) is 9.59 Å². The molecule has 0 aromatic heterocycles. The molecule has 1 unspecified atom stereocenters. The Bertz CT molecular complexity index is 559. The molecule has 1 atom stereocenters. The van der Waals surface area contributed by atoms with E-state index in [1.165, 1.54) is 0 Å². The van der Waals surface area contributed by atoms with Crippen LogP contribution in [0.15, 0.2) is 24.3 Å². The third kappa shape index (κ3) is 4.40. The quantitative estimate of drug-likeness (QED) is 0.868. The lowest BCUT2D eigenvalue weighted by Gasteiger charge is -2.39. The molecule has 1 saturated heterocycles. The highest BCUT2D eigenvalue weighted by atomic mass is 16.5. The van der Waals surface area contributed by atoms with E-state index in [2.05, 4.69) is 12.2 Å². The van der Waals surface area contributed by atoms with Crippen molar-refractivity contribution in [1.29, 1.82) is 0 Å². The Morgan fingerprint density at radius 1 is 1.29 bits per heavy atom. The molecule has 1 aromatic rings. The smallest absolute Gasteiger partial charge is 0.318 e. The number of rotatable bonds is 6. The Hall–Kier alpha value is -2.24. The summed E-state index contributed by atoms with van der Waals surface area (Å²) in [6.07, 6.45) is 2.66. The lowest BCUT2D eigenvalue weighted by Crippen LogP contribution is -2.59. The van der Waals surface area contributed by atoms with E-state index in [1.807, 2.05) is 24.3 Å². The zero-order chi connectivity index (χ0) is 17.5. The number of amides is 3. The van der Waals surface area contributed by atoms with Crippen LogP contribution in [0.1, 0.15) is 31.7 Å². The Balaban J connectivity index is 1.96. The van der Waals surface area contributed by atoms with Gasteiger partial charge in [0.1, 0.15) is 11.8 Å². The van der Waals surface area contributed by atoms with Crippen LogP contribution in [0, 0.1) is 0 Å². The van der Waals surface area contributed by atoms with Gasteiger partial charge in [0.2, 0.25) is 5.91 Å². The average Bonchev–Trinajstić information content (AvgIpc) is 2.61. The van der Waals surface area contributed by atoms with Gasteiger partial charge >= 0.3 is 6.03 Å². The molecule has 6 heteroatoms. The molecule has 0 radical (unpaired) electrons. The first-order valence-electron chi connectivity index (χ1n) is 8.49. The molecule has 3 amide bonds. The number of unbranched alkanes of at least 4 members (excludes halogenated alkanes) is 1. The summed E-state index contributed by atoms with van der Waals surface area (Å²) in [5.74, 6) is 0.823. The van der Waals surface area contributed by atoms with E-state index in [4.69, 9.17) is 4.74 Å². The highest BCUT2D eigenvalue weighted by Crippen LogP contribution is 2.17. The van der Waals surface area contributed by atoms with Crippen LogP contribution in [0.4, 0.5) is 4.79 Å². The molecule has 0 spiro atoms. The molecule has 1 fully saturated rings. The van der Waals surface area contributed by atoms with Crippen molar-refractivity contribution in [3.8, 4) is 5.75 Å². The van der Waals surface area contributed by atoms with Gasteiger partial charge < -0.3 is 19.9 Å². The fourth-order valence-electron chi connectivity index (χ4n) is 2.85. The van der Waals surface area contributed by atoms with Crippen molar-refractivity contribution in [1.82, 2.24) is 15.1 Å². The van der Waals surface area contributed by atoms with Gasteiger partial charge in [-0.05, 0) is 24.1 Å². The van der Waals surface area contributed by atoms with Crippen molar-refractivity contribution < 1.29 is 14.3 Å². The number of benzene rings is 1. The first-order chi connectivity index (χ1) is 11.6. The summed E-state index contributed by atoms with van der Waals surface area (Å²) in [6.45, 7) is 3.68. The highest BCUT2D eigenvalue weighted by Gasteiger charge is 2.35. The number of carbonyl (C=O) groups is 2. The second-order valence-corrected chi connectivity index (χ2v) is 6.12. The van der Waals surface area contributed by atoms with Crippen LogP contribution in [0.3, 0.4) is 0 Å². The van der Waals surface area contributed by atoms with E-state index in [-0.39, 0.29) is 18.0 Å². The van der Waals surface area contributed by atoms with Crippen molar-refractivity contribution in [3.63, 3.8) is 0 Å². The minimum absolute atomic E-state index is 0.0364. The summed E-state index contributed by atoms with van der Waals surface area (Å²) in [5.41, 5.74) is 0.995. The van der Waals surface area contributed by atoms with Gasteiger partial charge in [-0.3, -0.25) is 4.79 Å². The summed E-state index contributed by atoms with van der Waals surface area (Å²) >= 11 is 0. The minimum atomic E-state index is -0.348. The van der Waals surface area contributed by atoms with Gasteiger partial charge in [0, 0.05) is 26.7 Å². The van der Waals surface area contributed by atoms with Crippen LogP contribution in [0.5, 0.6) is 5.75 Å². The minimum Gasteiger partial charge on any atom is -0.497 e. The molecular formula is C18H27N3O3. The van der Waals surface area contributed by atoms with Crippen LogP contribution in [-0.4, -0.2) is 55.0 Å². The lowest BCUT2D eigenvalue weighted by molar-refractivity contribution is -0.138. The number of likely N-dealkylation sites (N-methyl/N-ethyl adjacent to an activating group) is 1. The molecule has 0 aliphatic carbocycles. The molecule has 1 aliphatic rings. The fourth-order valence-corrected chi connectivity index (χ4v) is 2.85. The van der Waals surface area contributed by atoms with Crippen molar-refractivity contribution in [2.45, 2.75) is 38.8 Å². The number of carbonyl (C=O) groups excluding carboxylic acids is 2. The summed E-state index contributed by atoms with van der Waals surface area (Å²) in [7, 11) is 3.42. The van der Waals surface area contributed by atoms with Crippen molar-refractivity contribution >= 4 is 11.9 Å². The second kappa shape index (κ2) is 8.57. The maximum atomic E-state index is 12.5. The molecule has 132 valence electrons. The number of ether oxygens (including phenoxy) is 1. The number of nitrogens with zero attached hydrogens (tertiary/aromatic N) is 2. The van der Waals surface area contributed by atoms with E-state index >= 15 is 0 Å². The van der Waals surface area contributed by atoms with E-state index in [0.717, 1.165) is 30.6 Å². The lowest BCUT2D eigenvalue weighted by atomic mass is 10.0. The summed E-state index contributed by atoms with van der Waals surface area (Å²) in [4.78, 5) is 28.3. The monoisotopic (exact) mass is 333 g/mol. The standard InChI is InChI=1S/C18H27N3O3/c1-4-5-6-16-17(22)20(2)11-12-21(16)18(23)19-13-14-7-9-15(24-3)10-8-14/h7-10,16H,4-6,11-13H2,1-3H3,(H,19,23). The Morgan fingerprint density at radius 2 is 2.00 bits per heavy atom. The van der Waals surface area contributed by atoms with Crippen LogP contribution < -0.4 is 10.1 Å². The van der Waals surface area contributed by atoms with Gasteiger partial charge in [0.25, 0.3) is 0 Å². The first-order valence-corrected chi connectivity index (χ1v) is 8.49.